The maximum atomic E-state index is 12.2. The highest BCUT2D eigenvalue weighted by Crippen LogP contribution is 2.22. The molecular weight excluding hydrogens is 332 g/mol. The fourth-order valence-corrected chi connectivity index (χ4v) is 3.30. The van der Waals surface area contributed by atoms with E-state index in [4.69, 9.17) is 0 Å². The minimum atomic E-state index is -0.0377. The molecule has 0 saturated heterocycles. The highest BCUT2D eigenvalue weighted by molar-refractivity contribution is 8.00. The van der Waals surface area contributed by atoms with E-state index in [-0.39, 0.29) is 11.8 Å². The van der Waals surface area contributed by atoms with Gasteiger partial charge in [0.2, 0.25) is 11.8 Å². The van der Waals surface area contributed by atoms with Crippen molar-refractivity contribution in [2.24, 2.45) is 0 Å². The Kier molecular flexibility index (Phi) is 7.07. The van der Waals surface area contributed by atoms with Crippen molar-refractivity contribution >= 4 is 29.3 Å². The molecule has 0 heterocycles. The molecule has 0 aliphatic heterocycles. The summed E-state index contributed by atoms with van der Waals surface area (Å²) in [6.07, 6.45) is 0. The molecule has 0 aliphatic carbocycles. The number of amides is 2. The molecule has 5 heteroatoms. The Bertz CT molecular complexity index is 746. The molecule has 0 aliphatic rings. The van der Waals surface area contributed by atoms with E-state index in [9.17, 15) is 9.59 Å². The van der Waals surface area contributed by atoms with Gasteiger partial charge < -0.3 is 10.2 Å². The first-order valence-electron chi connectivity index (χ1n) is 8.32. The van der Waals surface area contributed by atoms with Gasteiger partial charge in [-0.1, -0.05) is 30.3 Å². The molecule has 2 amide bonds. The third-order valence-electron chi connectivity index (χ3n) is 3.86. The topological polar surface area (TPSA) is 49.4 Å². The van der Waals surface area contributed by atoms with Gasteiger partial charge in [-0.2, -0.15) is 0 Å². The zero-order valence-corrected chi connectivity index (χ0v) is 15.7. The number of anilines is 1. The van der Waals surface area contributed by atoms with Crippen molar-refractivity contribution in [1.82, 2.24) is 4.90 Å². The molecule has 2 aromatic carbocycles. The van der Waals surface area contributed by atoms with E-state index in [1.165, 1.54) is 17.3 Å². The molecule has 0 unspecified atom stereocenters. The first-order valence-corrected chi connectivity index (χ1v) is 9.31. The second kappa shape index (κ2) is 9.28. The number of hydrogen-bond acceptors (Lipinski definition) is 3. The van der Waals surface area contributed by atoms with E-state index in [0.717, 1.165) is 16.1 Å². The monoisotopic (exact) mass is 356 g/mol. The second-order valence-corrected chi connectivity index (χ2v) is 6.85. The summed E-state index contributed by atoms with van der Waals surface area (Å²) >= 11 is 1.53. The number of rotatable bonds is 7. The van der Waals surface area contributed by atoms with Crippen LogP contribution in [0.5, 0.6) is 0 Å². The first-order chi connectivity index (χ1) is 12.0. The quantitative estimate of drug-likeness (QED) is 0.760. The van der Waals surface area contributed by atoms with Crippen LogP contribution in [0.4, 0.5) is 5.69 Å². The highest BCUT2D eigenvalue weighted by atomic mass is 32.2. The third-order valence-corrected chi connectivity index (χ3v) is 5.04. The van der Waals surface area contributed by atoms with Crippen molar-refractivity contribution < 1.29 is 9.59 Å². The van der Waals surface area contributed by atoms with Crippen LogP contribution >= 0.6 is 11.8 Å². The van der Waals surface area contributed by atoms with Gasteiger partial charge >= 0.3 is 0 Å². The van der Waals surface area contributed by atoms with Crippen molar-refractivity contribution in [3.63, 3.8) is 0 Å². The van der Waals surface area contributed by atoms with Crippen molar-refractivity contribution in [2.75, 3.05) is 17.6 Å². The van der Waals surface area contributed by atoms with Gasteiger partial charge in [-0.3, -0.25) is 9.59 Å². The Balaban J connectivity index is 1.93. The van der Waals surface area contributed by atoms with Crippen LogP contribution in [0.3, 0.4) is 0 Å². The average molecular weight is 356 g/mol. The Labute approximate surface area is 153 Å². The summed E-state index contributed by atoms with van der Waals surface area (Å²) in [6, 6.07) is 15.7. The lowest BCUT2D eigenvalue weighted by Crippen LogP contribution is -2.27. The normalized spacial score (nSPS) is 10.4. The van der Waals surface area contributed by atoms with Crippen LogP contribution in [0.15, 0.2) is 53.4 Å². The summed E-state index contributed by atoms with van der Waals surface area (Å²) in [7, 11) is 0. The Morgan fingerprint density at radius 2 is 1.88 bits per heavy atom. The summed E-state index contributed by atoms with van der Waals surface area (Å²) in [5, 5.41) is 2.93. The lowest BCUT2D eigenvalue weighted by atomic mass is 10.2. The highest BCUT2D eigenvalue weighted by Gasteiger charge is 2.09. The summed E-state index contributed by atoms with van der Waals surface area (Å²) in [5.74, 6) is 0.375. The molecule has 0 atom stereocenters. The van der Waals surface area contributed by atoms with Crippen LogP contribution in [-0.4, -0.2) is 29.0 Å². The van der Waals surface area contributed by atoms with Gasteiger partial charge in [0.25, 0.3) is 0 Å². The zero-order chi connectivity index (χ0) is 18.2. The molecule has 0 aromatic heterocycles. The number of carbonyl (C=O) groups is 2. The van der Waals surface area contributed by atoms with E-state index in [0.29, 0.717) is 18.8 Å². The third kappa shape index (κ3) is 5.94. The minimum absolute atomic E-state index is 0.0377. The maximum Gasteiger partial charge on any atom is 0.234 e. The first kappa shape index (κ1) is 19.1. The molecule has 0 fully saturated rings. The number of hydrogen-bond donors (Lipinski definition) is 1. The van der Waals surface area contributed by atoms with Crippen LogP contribution in [0.25, 0.3) is 0 Å². The van der Waals surface area contributed by atoms with E-state index >= 15 is 0 Å². The van der Waals surface area contributed by atoms with Gasteiger partial charge in [-0.05, 0) is 43.2 Å². The van der Waals surface area contributed by atoms with Crippen LogP contribution < -0.4 is 5.32 Å². The molecular formula is C20H24N2O2S. The largest absolute Gasteiger partial charge is 0.339 e. The summed E-state index contributed by atoms with van der Waals surface area (Å²) in [6.45, 7) is 6.78. The van der Waals surface area contributed by atoms with Gasteiger partial charge in [-0.15, -0.1) is 11.8 Å². The lowest BCUT2D eigenvalue weighted by Gasteiger charge is -2.19. The molecule has 25 heavy (non-hydrogen) atoms. The summed E-state index contributed by atoms with van der Waals surface area (Å²) in [5.41, 5.74) is 2.93. The molecule has 0 bridgehead atoms. The Morgan fingerprint density at radius 1 is 1.12 bits per heavy atom. The maximum absolute atomic E-state index is 12.2. The zero-order valence-electron chi connectivity index (χ0n) is 14.9. The fraction of sp³-hybridized carbons (Fsp3) is 0.300. The van der Waals surface area contributed by atoms with E-state index in [1.807, 2.05) is 62.4 Å². The molecule has 0 saturated carbocycles. The Morgan fingerprint density at radius 3 is 2.56 bits per heavy atom. The predicted molar refractivity (Wildman–Crippen MR) is 104 cm³/mol. The van der Waals surface area contributed by atoms with Crippen LogP contribution in [0.1, 0.15) is 25.0 Å². The average Bonchev–Trinajstić information content (AvgIpc) is 2.59. The van der Waals surface area contributed by atoms with Crippen molar-refractivity contribution in [2.45, 2.75) is 32.2 Å². The molecule has 0 radical (unpaired) electrons. The number of thioether (sulfide) groups is 1. The second-order valence-electron chi connectivity index (χ2n) is 5.84. The number of nitrogens with one attached hydrogen (secondary N) is 1. The summed E-state index contributed by atoms with van der Waals surface area (Å²) < 4.78 is 0. The van der Waals surface area contributed by atoms with E-state index in [1.54, 1.807) is 11.8 Å². The minimum Gasteiger partial charge on any atom is -0.339 e. The smallest absolute Gasteiger partial charge is 0.234 e. The standard InChI is InChI=1S/C20H24N2O2S/c1-4-22(16(3)23)13-17-9-7-10-18(12-17)21-20(24)14-25-19-11-6-5-8-15(19)2/h5-12H,4,13-14H2,1-3H3,(H,21,24). The number of benzene rings is 2. The van der Waals surface area contributed by atoms with Gasteiger partial charge in [-0.25, -0.2) is 0 Å². The van der Waals surface area contributed by atoms with Crippen LogP contribution in [-0.2, 0) is 16.1 Å². The van der Waals surface area contributed by atoms with E-state index in [2.05, 4.69) is 5.32 Å². The molecule has 1 N–H and O–H groups in total. The molecule has 0 spiro atoms. The van der Waals surface area contributed by atoms with Crippen molar-refractivity contribution in [3.05, 3.63) is 59.7 Å². The number of nitrogens with zero attached hydrogens (tertiary/aromatic N) is 1. The number of aryl methyl sites for hydroxylation is 1. The molecule has 132 valence electrons. The van der Waals surface area contributed by atoms with Gasteiger partial charge in [0.1, 0.15) is 0 Å². The van der Waals surface area contributed by atoms with E-state index < -0.39 is 0 Å². The van der Waals surface area contributed by atoms with Crippen LogP contribution in [0.2, 0.25) is 0 Å². The fourth-order valence-electron chi connectivity index (χ4n) is 2.47. The molecule has 2 aromatic rings. The van der Waals surface area contributed by atoms with Crippen molar-refractivity contribution in [3.8, 4) is 0 Å². The van der Waals surface area contributed by atoms with Crippen molar-refractivity contribution in [1.29, 1.82) is 0 Å². The Hall–Kier alpha value is -2.27. The van der Waals surface area contributed by atoms with Gasteiger partial charge in [0.15, 0.2) is 0 Å². The predicted octanol–water partition coefficient (Wildman–Crippen LogP) is 4.09. The molecule has 2 rings (SSSR count). The van der Waals surface area contributed by atoms with Gasteiger partial charge in [0.05, 0.1) is 5.75 Å². The summed E-state index contributed by atoms with van der Waals surface area (Å²) in [4.78, 5) is 26.6. The van der Waals surface area contributed by atoms with Crippen LogP contribution in [0, 0.1) is 6.92 Å². The molecule has 4 nitrogen and oxygen atoms in total. The number of carbonyl (C=O) groups excluding carboxylic acids is 2. The van der Waals surface area contributed by atoms with Gasteiger partial charge in [0, 0.05) is 30.6 Å². The SMILES string of the molecule is CCN(Cc1cccc(NC(=O)CSc2ccccc2C)c1)C(C)=O. The lowest BCUT2D eigenvalue weighted by molar-refractivity contribution is -0.129.